The molecule has 3 aromatic heterocycles. The van der Waals surface area contributed by atoms with E-state index in [0.29, 0.717) is 0 Å². The van der Waals surface area contributed by atoms with Crippen LogP contribution in [0.3, 0.4) is 0 Å². The fraction of sp³-hybridized carbons (Fsp3) is 0. The Bertz CT molecular complexity index is 2460. The number of imidazole rings is 1. The van der Waals surface area contributed by atoms with Gasteiger partial charge in [0.05, 0.1) is 17.4 Å². The van der Waals surface area contributed by atoms with Crippen molar-refractivity contribution in [3.63, 3.8) is 0 Å². The maximum atomic E-state index is 6.32. The van der Waals surface area contributed by atoms with Crippen LogP contribution in [-0.2, 0) is 0 Å². The highest BCUT2D eigenvalue weighted by molar-refractivity contribution is 6.12. The van der Waals surface area contributed by atoms with Crippen molar-refractivity contribution in [2.24, 2.45) is 0 Å². The van der Waals surface area contributed by atoms with Gasteiger partial charge in [-0.05, 0) is 40.3 Å². The van der Waals surface area contributed by atoms with Crippen LogP contribution in [0.1, 0.15) is 0 Å². The number of fused-ring (bicyclic) bond motifs is 9. The Morgan fingerprint density at radius 1 is 0.476 bits per heavy atom. The third-order valence-corrected chi connectivity index (χ3v) is 8.46. The molecule has 3 nitrogen and oxygen atoms in total. The van der Waals surface area contributed by atoms with Crippen LogP contribution in [0, 0.1) is 0 Å². The van der Waals surface area contributed by atoms with Crippen molar-refractivity contribution in [2.75, 3.05) is 0 Å². The molecule has 0 fully saturated rings. The largest absolute Gasteiger partial charge is 0.455 e. The summed E-state index contributed by atoms with van der Waals surface area (Å²) in [5, 5.41) is 5.91. The van der Waals surface area contributed by atoms with E-state index in [1.807, 2.05) is 18.3 Å². The van der Waals surface area contributed by atoms with Gasteiger partial charge < -0.3 is 4.42 Å². The second-order valence-electron chi connectivity index (χ2n) is 10.8. The number of para-hydroxylation sites is 3. The van der Waals surface area contributed by atoms with Crippen LogP contribution in [0.2, 0.25) is 0 Å². The number of nitrogens with zero attached hydrogens (tertiary/aromatic N) is 2. The molecule has 0 amide bonds. The van der Waals surface area contributed by atoms with Crippen LogP contribution in [0.25, 0.3) is 82.8 Å². The first-order valence-corrected chi connectivity index (χ1v) is 14.2. The molecule has 0 bridgehead atoms. The van der Waals surface area contributed by atoms with Crippen molar-refractivity contribution in [3.05, 3.63) is 146 Å². The number of aromatic nitrogens is 2. The minimum atomic E-state index is 0.917. The van der Waals surface area contributed by atoms with Crippen LogP contribution in [0.15, 0.2) is 150 Å². The highest BCUT2D eigenvalue weighted by Gasteiger charge is 2.15. The zero-order valence-electron chi connectivity index (χ0n) is 22.7. The van der Waals surface area contributed by atoms with Crippen molar-refractivity contribution in [1.29, 1.82) is 0 Å². The Morgan fingerprint density at radius 3 is 2.02 bits per heavy atom. The highest BCUT2D eigenvalue weighted by Crippen LogP contribution is 2.38. The van der Waals surface area contributed by atoms with Gasteiger partial charge in [-0.3, -0.25) is 4.40 Å². The summed E-state index contributed by atoms with van der Waals surface area (Å²) in [4.78, 5) is 4.89. The summed E-state index contributed by atoms with van der Waals surface area (Å²) >= 11 is 0. The van der Waals surface area contributed by atoms with Crippen LogP contribution in [-0.4, -0.2) is 9.38 Å². The molecule has 9 rings (SSSR count). The maximum absolute atomic E-state index is 6.32. The molecule has 0 atom stereocenters. The first-order valence-electron chi connectivity index (χ1n) is 14.2. The first kappa shape index (κ1) is 23.1. The summed E-state index contributed by atoms with van der Waals surface area (Å²) in [7, 11) is 0. The van der Waals surface area contributed by atoms with Crippen molar-refractivity contribution in [3.8, 4) is 33.5 Å². The molecule has 3 heteroatoms. The van der Waals surface area contributed by atoms with E-state index in [1.165, 1.54) is 21.9 Å². The maximum Gasteiger partial charge on any atom is 0.145 e. The summed E-state index contributed by atoms with van der Waals surface area (Å²) in [5.74, 6) is 0. The summed E-state index contributed by atoms with van der Waals surface area (Å²) < 4.78 is 8.62. The molecule has 3 heterocycles. The molecule has 42 heavy (non-hydrogen) atoms. The van der Waals surface area contributed by atoms with Crippen molar-refractivity contribution in [1.82, 2.24) is 9.38 Å². The Kier molecular flexibility index (Phi) is 4.90. The lowest BCUT2D eigenvalue weighted by Gasteiger charge is -2.11. The van der Waals surface area contributed by atoms with E-state index in [4.69, 9.17) is 9.40 Å². The van der Waals surface area contributed by atoms with E-state index in [9.17, 15) is 0 Å². The van der Waals surface area contributed by atoms with Crippen molar-refractivity contribution >= 4 is 49.3 Å². The molecular weight excluding hydrogens is 512 g/mol. The topological polar surface area (TPSA) is 30.4 Å². The van der Waals surface area contributed by atoms with Gasteiger partial charge in [-0.1, -0.05) is 121 Å². The molecule has 0 aliphatic carbocycles. The van der Waals surface area contributed by atoms with E-state index in [2.05, 4.69) is 132 Å². The van der Waals surface area contributed by atoms with Gasteiger partial charge in [0, 0.05) is 32.7 Å². The molecule has 0 spiro atoms. The predicted molar refractivity (Wildman–Crippen MR) is 174 cm³/mol. The second-order valence-corrected chi connectivity index (χ2v) is 10.8. The Morgan fingerprint density at radius 2 is 1.14 bits per heavy atom. The van der Waals surface area contributed by atoms with E-state index in [-0.39, 0.29) is 0 Å². The zero-order chi connectivity index (χ0) is 27.6. The molecule has 9 aromatic rings. The smallest absolute Gasteiger partial charge is 0.145 e. The molecule has 0 unspecified atom stereocenters. The van der Waals surface area contributed by atoms with E-state index in [0.717, 1.165) is 60.9 Å². The summed E-state index contributed by atoms with van der Waals surface area (Å²) in [5.41, 5.74) is 10.8. The van der Waals surface area contributed by atoms with Gasteiger partial charge in [0.2, 0.25) is 0 Å². The van der Waals surface area contributed by atoms with Crippen LogP contribution in [0.4, 0.5) is 0 Å². The van der Waals surface area contributed by atoms with E-state index >= 15 is 0 Å². The molecule has 196 valence electrons. The first-order chi connectivity index (χ1) is 20.8. The zero-order valence-corrected chi connectivity index (χ0v) is 22.7. The van der Waals surface area contributed by atoms with Gasteiger partial charge in [-0.2, -0.15) is 0 Å². The fourth-order valence-corrected chi connectivity index (χ4v) is 6.47. The average molecular weight is 537 g/mol. The third-order valence-electron chi connectivity index (χ3n) is 8.46. The lowest BCUT2D eigenvalue weighted by Crippen LogP contribution is -1.93. The SMILES string of the molecule is c1cc(-c2ccc(-c3cnc4c5ccccc5c5ccccc5n34)cc2)cc(-c2cccc3c2oc2ccccc23)c1. The minimum absolute atomic E-state index is 0.917. The van der Waals surface area contributed by atoms with Gasteiger partial charge in [-0.25, -0.2) is 4.98 Å². The molecule has 0 saturated heterocycles. The van der Waals surface area contributed by atoms with Crippen LogP contribution >= 0.6 is 0 Å². The molecule has 0 saturated carbocycles. The quantitative estimate of drug-likeness (QED) is 0.210. The number of hydrogen-bond acceptors (Lipinski definition) is 2. The molecule has 6 aromatic carbocycles. The summed E-state index contributed by atoms with van der Waals surface area (Å²) in [6, 6.07) is 49.3. The number of rotatable bonds is 3. The Balaban J connectivity index is 1.15. The monoisotopic (exact) mass is 536 g/mol. The van der Waals surface area contributed by atoms with Gasteiger partial charge in [0.15, 0.2) is 0 Å². The number of benzene rings is 6. The minimum Gasteiger partial charge on any atom is -0.455 e. The normalized spacial score (nSPS) is 11.8. The van der Waals surface area contributed by atoms with Gasteiger partial charge in [0.25, 0.3) is 0 Å². The highest BCUT2D eigenvalue weighted by atomic mass is 16.3. The second kappa shape index (κ2) is 8.92. The number of pyridine rings is 1. The lowest BCUT2D eigenvalue weighted by molar-refractivity contribution is 0.670. The summed E-state index contributed by atoms with van der Waals surface area (Å²) in [6.45, 7) is 0. The molecule has 0 radical (unpaired) electrons. The summed E-state index contributed by atoms with van der Waals surface area (Å²) in [6.07, 6.45) is 2.00. The molecule has 0 N–H and O–H groups in total. The Hall–Kier alpha value is -5.67. The average Bonchev–Trinajstić information content (AvgIpc) is 3.68. The van der Waals surface area contributed by atoms with Crippen molar-refractivity contribution in [2.45, 2.75) is 0 Å². The predicted octanol–water partition coefficient (Wildman–Crippen LogP) is 10.5. The van der Waals surface area contributed by atoms with Gasteiger partial charge >= 0.3 is 0 Å². The molecule has 0 aliphatic heterocycles. The van der Waals surface area contributed by atoms with Crippen LogP contribution in [0.5, 0.6) is 0 Å². The number of furan rings is 1. The standard InChI is InChI=1S/C39H24N2O/c1-2-14-34-30(11-1)31-12-3-5-17-35(31)41-36(24-40-39(34)41)26-21-19-25(20-22-26)27-9-7-10-28(23-27)29-15-8-16-33-32-13-4-6-18-37(32)42-38(29)33/h1-24H. The number of hydrogen-bond donors (Lipinski definition) is 0. The fourth-order valence-electron chi connectivity index (χ4n) is 6.47. The Labute approximate surface area is 241 Å². The van der Waals surface area contributed by atoms with Gasteiger partial charge in [-0.15, -0.1) is 0 Å². The molecule has 0 aliphatic rings. The lowest BCUT2D eigenvalue weighted by atomic mass is 9.97. The van der Waals surface area contributed by atoms with E-state index in [1.54, 1.807) is 0 Å². The van der Waals surface area contributed by atoms with Crippen molar-refractivity contribution < 1.29 is 4.42 Å². The van der Waals surface area contributed by atoms with Crippen LogP contribution < -0.4 is 0 Å². The molecular formula is C39H24N2O. The van der Waals surface area contributed by atoms with Gasteiger partial charge in [0.1, 0.15) is 16.8 Å². The third kappa shape index (κ3) is 3.37. The van der Waals surface area contributed by atoms with E-state index < -0.39 is 0 Å².